The number of halogens is 1. The molecule has 1 aliphatic carbocycles. The Hall–Kier alpha value is -1.23. The fraction of sp³-hybridized carbons (Fsp3) is 0.600. The molecule has 2 aliphatic rings. The average molecular weight is 245 g/mol. The van der Waals surface area contributed by atoms with E-state index in [0.29, 0.717) is 30.9 Å². The van der Waals surface area contributed by atoms with E-state index in [2.05, 4.69) is 4.99 Å². The number of alkyl halides is 1. The fourth-order valence-corrected chi connectivity index (χ4v) is 2.00. The Labute approximate surface area is 97.9 Å². The summed E-state index contributed by atoms with van der Waals surface area (Å²) in [5.41, 5.74) is 6.19. The van der Waals surface area contributed by atoms with Gasteiger partial charge < -0.3 is 15.6 Å². The van der Waals surface area contributed by atoms with E-state index in [1.54, 1.807) is 0 Å². The Morgan fingerprint density at radius 2 is 2.31 bits per heavy atom. The van der Waals surface area contributed by atoms with Crippen molar-refractivity contribution in [3.05, 3.63) is 11.9 Å². The molecule has 0 aromatic rings. The molecule has 1 heterocycles. The van der Waals surface area contributed by atoms with Gasteiger partial charge in [-0.1, -0.05) is 0 Å². The molecule has 6 heteroatoms. The minimum absolute atomic E-state index is 0.0752. The summed E-state index contributed by atoms with van der Waals surface area (Å²) < 4.78 is 5.52. The van der Waals surface area contributed by atoms with Crippen molar-refractivity contribution in [3.8, 4) is 0 Å². The summed E-state index contributed by atoms with van der Waals surface area (Å²) in [6, 6.07) is 0. The molecule has 1 aliphatic heterocycles. The molecular weight excluding hydrogens is 232 g/mol. The Balaban J connectivity index is 1.85. The summed E-state index contributed by atoms with van der Waals surface area (Å²) >= 11 is 6.01. The van der Waals surface area contributed by atoms with Crippen LogP contribution in [0.3, 0.4) is 0 Å². The Bertz CT molecular complexity index is 361. The number of hydrogen-bond acceptors (Lipinski definition) is 4. The number of carbonyl (C=O) groups is 1. The largest absolute Gasteiger partial charge is 0.481 e. The molecule has 0 bridgehead atoms. The molecule has 1 saturated carbocycles. The van der Waals surface area contributed by atoms with Crippen LogP contribution in [0.2, 0.25) is 0 Å². The molecule has 0 saturated heterocycles. The van der Waals surface area contributed by atoms with Crippen LogP contribution in [0.4, 0.5) is 0 Å². The molecule has 16 heavy (non-hydrogen) atoms. The molecule has 1 unspecified atom stereocenters. The van der Waals surface area contributed by atoms with Crippen LogP contribution in [0.15, 0.2) is 16.9 Å². The summed E-state index contributed by atoms with van der Waals surface area (Å²) in [5.74, 6) is -0.606. The predicted octanol–water partition coefficient (Wildman–Crippen LogP) is 1.08. The lowest BCUT2D eigenvalue weighted by atomic mass is 9.82. The molecule has 0 amide bonds. The summed E-state index contributed by atoms with van der Waals surface area (Å²) in [4.78, 5) is 14.6. The summed E-state index contributed by atoms with van der Waals surface area (Å²) in [6.07, 6.45) is 3.03. The first-order chi connectivity index (χ1) is 7.56. The van der Waals surface area contributed by atoms with E-state index in [9.17, 15) is 4.79 Å². The highest BCUT2D eigenvalue weighted by Crippen LogP contribution is 2.31. The maximum absolute atomic E-state index is 10.6. The van der Waals surface area contributed by atoms with Crippen LogP contribution in [0.5, 0.6) is 0 Å². The Morgan fingerprint density at radius 1 is 1.62 bits per heavy atom. The van der Waals surface area contributed by atoms with Crippen LogP contribution in [0.1, 0.15) is 19.3 Å². The van der Waals surface area contributed by atoms with E-state index in [-0.39, 0.29) is 17.4 Å². The smallest absolute Gasteiger partial charge is 0.306 e. The molecule has 0 radical (unpaired) electrons. The fourth-order valence-electron chi connectivity index (χ4n) is 1.71. The van der Waals surface area contributed by atoms with Crippen LogP contribution in [0.25, 0.3) is 0 Å². The van der Waals surface area contributed by atoms with Crippen molar-refractivity contribution in [2.75, 3.05) is 0 Å². The highest BCUT2D eigenvalue weighted by molar-refractivity contribution is 6.31. The Kier molecular flexibility index (Phi) is 3.05. The van der Waals surface area contributed by atoms with Gasteiger partial charge in [-0.05, 0) is 12.8 Å². The van der Waals surface area contributed by atoms with E-state index in [1.807, 2.05) is 0 Å². The number of ether oxygens (including phenoxy) is 1. The van der Waals surface area contributed by atoms with Crippen LogP contribution >= 0.6 is 11.6 Å². The first-order valence-electron chi connectivity index (χ1n) is 5.12. The normalized spacial score (nSPS) is 33.4. The van der Waals surface area contributed by atoms with Crippen LogP contribution in [-0.2, 0) is 9.53 Å². The lowest BCUT2D eigenvalue weighted by Crippen LogP contribution is -2.39. The van der Waals surface area contributed by atoms with Gasteiger partial charge in [0, 0.05) is 18.3 Å². The molecule has 0 aromatic heterocycles. The number of nitrogens with two attached hydrogens (primary N) is 1. The van der Waals surface area contributed by atoms with Crippen LogP contribution in [0, 0.1) is 5.92 Å². The standard InChI is InChI=1S/C10H13ClN2O3/c11-8-3-6(12)4-13-9(8)16-7-1-5(2-7)10(14)15/h4-5,7-8H,1-3,12H2,(H,14,15)/t5-,7+,8?. The number of rotatable bonds is 2. The van der Waals surface area contributed by atoms with Crippen molar-refractivity contribution in [2.45, 2.75) is 30.7 Å². The van der Waals surface area contributed by atoms with Crippen molar-refractivity contribution in [1.82, 2.24) is 0 Å². The van der Waals surface area contributed by atoms with Crippen molar-refractivity contribution < 1.29 is 14.6 Å². The van der Waals surface area contributed by atoms with Gasteiger partial charge in [0.2, 0.25) is 5.90 Å². The van der Waals surface area contributed by atoms with Gasteiger partial charge in [-0.3, -0.25) is 4.79 Å². The van der Waals surface area contributed by atoms with Gasteiger partial charge >= 0.3 is 5.97 Å². The second kappa shape index (κ2) is 4.33. The summed E-state index contributed by atoms with van der Waals surface area (Å²) in [5, 5.41) is 8.37. The van der Waals surface area contributed by atoms with E-state index in [0.717, 1.165) is 0 Å². The van der Waals surface area contributed by atoms with Gasteiger partial charge in [0.05, 0.1) is 5.92 Å². The minimum atomic E-state index is -0.767. The zero-order valence-electron chi connectivity index (χ0n) is 8.60. The van der Waals surface area contributed by atoms with Crippen molar-refractivity contribution in [3.63, 3.8) is 0 Å². The van der Waals surface area contributed by atoms with Gasteiger partial charge in [-0.25, -0.2) is 4.99 Å². The number of aliphatic carboxylic acids is 1. The van der Waals surface area contributed by atoms with Gasteiger partial charge in [0.1, 0.15) is 11.5 Å². The molecule has 0 aromatic carbocycles. The third kappa shape index (κ3) is 2.29. The lowest BCUT2D eigenvalue weighted by molar-refractivity contribution is -0.148. The van der Waals surface area contributed by atoms with Crippen LogP contribution < -0.4 is 5.73 Å². The van der Waals surface area contributed by atoms with Crippen molar-refractivity contribution in [2.24, 2.45) is 16.6 Å². The maximum Gasteiger partial charge on any atom is 0.306 e. The third-order valence-electron chi connectivity index (χ3n) is 2.77. The van der Waals surface area contributed by atoms with E-state index >= 15 is 0 Å². The molecule has 1 fully saturated rings. The molecule has 3 N–H and O–H groups in total. The van der Waals surface area contributed by atoms with E-state index in [1.165, 1.54) is 6.20 Å². The lowest BCUT2D eigenvalue weighted by Gasteiger charge is -2.33. The van der Waals surface area contributed by atoms with E-state index in [4.69, 9.17) is 27.2 Å². The average Bonchev–Trinajstić information content (AvgIpc) is 2.12. The number of hydrogen-bond donors (Lipinski definition) is 2. The number of carboxylic acid groups (broad SMARTS) is 1. The molecule has 2 rings (SSSR count). The van der Waals surface area contributed by atoms with Gasteiger partial charge in [0.25, 0.3) is 0 Å². The van der Waals surface area contributed by atoms with E-state index < -0.39 is 5.97 Å². The molecule has 5 nitrogen and oxygen atoms in total. The second-order valence-corrected chi connectivity index (χ2v) is 4.62. The zero-order valence-corrected chi connectivity index (χ0v) is 9.35. The predicted molar refractivity (Wildman–Crippen MR) is 59.2 cm³/mol. The molecule has 0 spiro atoms. The zero-order chi connectivity index (χ0) is 11.7. The molecule has 1 atom stereocenters. The minimum Gasteiger partial charge on any atom is -0.481 e. The van der Waals surface area contributed by atoms with Crippen molar-refractivity contribution in [1.29, 1.82) is 0 Å². The second-order valence-electron chi connectivity index (χ2n) is 4.09. The molecule has 88 valence electrons. The monoisotopic (exact) mass is 244 g/mol. The third-order valence-corrected chi connectivity index (χ3v) is 3.11. The summed E-state index contributed by atoms with van der Waals surface area (Å²) in [7, 11) is 0. The van der Waals surface area contributed by atoms with Gasteiger partial charge in [-0.2, -0.15) is 0 Å². The van der Waals surface area contributed by atoms with Crippen LogP contribution in [-0.4, -0.2) is 28.5 Å². The first kappa shape index (κ1) is 11.3. The number of allylic oxidation sites excluding steroid dienone is 1. The number of aliphatic imine (C=N–C) groups is 1. The topological polar surface area (TPSA) is 84.9 Å². The number of nitrogens with zero attached hydrogens (tertiary/aromatic N) is 1. The highest BCUT2D eigenvalue weighted by Gasteiger charge is 2.37. The van der Waals surface area contributed by atoms with Crippen molar-refractivity contribution >= 4 is 23.5 Å². The first-order valence-corrected chi connectivity index (χ1v) is 5.55. The van der Waals surface area contributed by atoms with Gasteiger partial charge in [-0.15, -0.1) is 11.6 Å². The maximum atomic E-state index is 10.6. The van der Waals surface area contributed by atoms with Gasteiger partial charge in [0.15, 0.2) is 0 Å². The SMILES string of the molecule is NC1=CN=C(O[C@H]2C[C@@H](C(=O)O)C2)C(Cl)C1. The highest BCUT2D eigenvalue weighted by atomic mass is 35.5. The summed E-state index contributed by atoms with van der Waals surface area (Å²) in [6.45, 7) is 0. The Morgan fingerprint density at radius 3 is 2.88 bits per heavy atom. The molecular formula is C10H13ClN2O3. The number of carboxylic acids is 1. The quantitative estimate of drug-likeness (QED) is 0.712.